The second-order valence-electron chi connectivity index (χ2n) is 9.38. The number of Topliss-reactive ketones (excluding diaryl/α,β-unsaturated/α-hetero) is 1. The molecular formula is C23H30O4. The Hall–Kier alpha value is -1.71. The summed E-state index contributed by atoms with van der Waals surface area (Å²) < 4.78 is 5.79. The van der Waals surface area contributed by atoms with E-state index in [2.05, 4.69) is 19.9 Å². The molecule has 146 valence electrons. The van der Waals surface area contributed by atoms with Crippen LogP contribution in [0.4, 0.5) is 0 Å². The van der Waals surface area contributed by atoms with Gasteiger partial charge in [-0.2, -0.15) is 0 Å². The molecule has 0 radical (unpaired) electrons. The van der Waals surface area contributed by atoms with Gasteiger partial charge in [-0.25, -0.2) is 0 Å². The monoisotopic (exact) mass is 370 g/mol. The van der Waals surface area contributed by atoms with Crippen molar-refractivity contribution in [3.63, 3.8) is 0 Å². The number of esters is 1. The summed E-state index contributed by atoms with van der Waals surface area (Å²) in [5.41, 5.74) is 1.18. The zero-order valence-electron chi connectivity index (χ0n) is 16.8. The zero-order valence-corrected chi connectivity index (χ0v) is 16.8. The molecule has 0 N–H and O–H groups in total. The van der Waals surface area contributed by atoms with E-state index in [0.29, 0.717) is 36.5 Å². The van der Waals surface area contributed by atoms with Gasteiger partial charge in [0.1, 0.15) is 0 Å². The third kappa shape index (κ3) is 2.51. The predicted octanol–water partition coefficient (Wildman–Crippen LogP) is 4.19. The molecule has 4 nitrogen and oxygen atoms in total. The quantitative estimate of drug-likeness (QED) is 0.684. The van der Waals surface area contributed by atoms with Gasteiger partial charge < -0.3 is 4.74 Å². The van der Waals surface area contributed by atoms with Crippen molar-refractivity contribution >= 4 is 17.5 Å². The molecule has 0 aromatic rings. The van der Waals surface area contributed by atoms with Crippen molar-refractivity contribution in [3.8, 4) is 0 Å². The number of fused-ring (bicyclic) bond motifs is 5. The first-order chi connectivity index (χ1) is 12.7. The predicted molar refractivity (Wildman–Crippen MR) is 102 cm³/mol. The van der Waals surface area contributed by atoms with Gasteiger partial charge in [0.25, 0.3) is 0 Å². The number of carbonyl (C=O) groups excluding carboxylic acids is 3. The maximum atomic E-state index is 12.7. The Morgan fingerprint density at radius 2 is 1.89 bits per heavy atom. The molecule has 27 heavy (non-hydrogen) atoms. The molecule has 0 amide bonds. The number of rotatable bonds is 2. The molecule has 0 aromatic carbocycles. The van der Waals surface area contributed by atoms with Gasteiger partial charge >= 0.3 is 5.97 Å². The van der Waals surface area contributed by atoms with Crippen LogP contribution in [0.2, 0.25) is 0 Å². The molecule has 4 rings (SSSR count). The largest absolute Gasteiger partial charge is 0.451 e. The zero-order chi connectivity index (χ0) is 19.6. The Morgan fingerprint density at radius 1 is 1.15 bits per heavy atom. The summed E-state index contributed by atoms with van der Waals surface area (Å²) in [7, 11) is 0. The summed E-state index contributed by atoms with van der Waals surface area (Å²) in [4.78, 5) is 36.5. The van der Waals surface area contributed by atoms with Crippen molar-refractivity contribution in [2.45, 2.75) is 71.8 Å². The normalized spacial score (nSPS) is 43.0. The maximum absolute atomic E-state index is 12.7. The minimum atomic E-state index is -0.977. The number of ketones is 2. The molecular weight excluding hydrogens is 340 g/mol. The Balaban J connectivity index is 1.75. The summed E-state index contributed by atoms with van der Waals surface area (Å²) in [5.74, 6) is 1.61. The van der Waals surface area contributed by atoms with Gasteiger partial charge in [-0.15, -0.1) is 0 Å². The summed E-state index contributed by atoms with van der Waals surface area (Å²) >= 11 is 0. The van der Waals surface area contributed by atoms with Crippen LogP contribution >= 0.6 is 0 Å². The van der Waals surface area contributed by atoms with Crippen LogP contribution in [-0.2, 0) is 19.1 Å². The topological polar surface area (TPSA) is 60.4 Å². The highest BCUT2D eigenvalue weighted by molar-refractivity contribution is 5.92. The molecule has 0 saturated heterocycles. The van der Waals surface area contributed by atoms with Crippen molar-refractivity contribution in [1.29, 1.82) is 0 Å². The van der Waals surface area contributed by atoms with Gasteiger partial charge in [-0.1, -0.05) is 18.6 Å². The second-order valence-corrected chi connectivity index (χ2v) is 9.38. The lowest BCUT2D eigenvalue weighted by atomic mass is 9.51. The van der Waals surface area contributed by atoms with E-state index in [1.54, 1.807) is 6.92 Å². The molecule has 0 aliphatic heterocycles. The van der Waals surface area contributed by atoms with E-state index in [1.807, 2.05) is 6.08 Å². The van der Waals surface area contributed by atoms with Gasteiger partial charge in [-0.05, 0) is 81.3 Å². The Kier molecular flexibility index (Phi) is 4.25. The first-order valence-corrected chi connectivity index (χ1v) is 10.3. The number of hydrogen-bond donors (Lipinski definition) is 0. The average Bonchev–Trinajstić information content (AvgIpc) is 2.89. The van der Waals surface area contributed by atoms with Crippen molar-refractivity contribution in [3.05, 3.63) is 23.3 Å². The van der Waals surface area contributed by atoms with E-state index in [1.165, 1.54) is 18.1 Å². The molecule has 0 bridgehead atoms. The van der Waals surface area contributed by atoms with Gasteiger partial charge in [0.15, 0.2) is 17.2 Å². The summed E-state index contributed by atoms with van der Waals surface area (Å²) in [5, 5.41) is 0. The molecule has 0 aromatic heterocycles. The second kappa shape index (κ2) is 6.15. The van der Waals surface area contributed by atoms with E-state index in [-0.39, 0.29) is 23.0 Å². The molecule has 4 heteroatoms. The highest BCUT2D eigenvalue weighted by Crippen LogP contribution is 2.65. The van der Waals surface area contributed by atoms with Crippen LogP contribution in [0.1, 0.15) is 66.2 Å². The van der Waals surface area contributed by atoms with Crippen molar-refractivity contribution in [1.82, 2.24) is 0 Å². The van der Waals surface area contributed by atoms with Crippen molar-refractivity contribution in [2.24, 2.45) is 29.1 Å². The van der Waals surface area contributed by atoms with Crippen LogP contribution in [0.15, 0.2) is 23.3 Å². The minimum absolute atomic E-state index is 0.0125. The minimum Gasteiger partial charge on any atom is -0.451 e. The highest BCUT2D eigenvalue weighted by atomic mass is 16.6. The van der Waals surface area contributed by atoms with E-state index in [0.717, 1.165) is 25.7 Å². The molecule has 0 unspecified atom stereocenters. The number of hydrogen-bond acceptors (Lipinski definition) is 4. The lowest BCUT2D eigenvalue weighted by Crippen LogP contribution is -2.57. The van der Waals surface area contributed by atoms with E-state index < -0.39 is 5.60 Å². The molecule has 4 aliphatic carbocycles. The number of carbonyl (C=O) groups is 3. The summed E-state index contributed by atoms with van der Waals surface area (Å²) in [6, 6.07) is 0. The van der Waals surface area contributed by atoms with Gasteiger partial charge in [0.2, 0.25) is 0 Å². The van der Waals surface area contributed by atoms with Crippen LogP contribution in [-0.4, -0.2) is 23.1 Å². The lowest BCUT2D eigenvalue weighted by Gasteiger charge is -2.54. The van der Waals surface area contributed by atoms with Gasteiger partial charge in [-0.3, -0.25) is 14.4 Å². The number of ether oxygens (including phenoxy) is 1. The van der Waals surface area contributed by atoms with Crippen molar-refractivity contribution < 1.29 is 19.1 Å². The Morgan fingerprint density at radius 3 is 2.56 bits per heavy atom. The van der Waals surface area contributed by atoms with Crippen LogP contribution in [0.25, 0.3) is 0 Å². The molecule has 2 saturated carbocycles. The molecule has 4 aliphatic rings. The van der Waals surface area contributed by atoms with E-state index in [4.69, 9.17) is 4.74 Å². The number of allylic oxidation sites excluding steroid dienone is 4. The fraction of sp³-hybridized carbons (Fsp3) is 0.696. The average molecular weight is 370 g/mol. The fourth-order valence-electron chi connectivity index (χ4n) is 7.04. The third-order valence-corrected chi connectivity index (χ3v) is 8.22. The summed E-state index contributed by atoms with van der Waals surface area (Å²) in [6.45, 7) is 7.29. The highest BCUT2D eigenvalue weighted by Gasteiger charge is 2.66. The first kappa shape index (κ1) is 18.6. The fourth-order valence-corrected chi connectivity index (χ4v) is 7.04. The van der Waals surface area contributed by atoms with Crippen LogP contribution in [0.5, 0.6) is 0 Å². The SMILES string of the molecule is CC(=O)O[C@]1(C(C)=O)CC[C@@H]2[C@H]3C=C(C)C4=CC(=O)CC[C@@H]4[C@@H]3CC[C@@]21C. The summed E-state index contributed by atoms with van der Waals surface area (Å²) in [6.07, 6.45) is 9.29. The maximum Gasteiger partial charge on any atom is 0.303 e. The standard InChI is InChI=1S/C23H30O4/c1-13-11-20-18(17-6-5-16(26)12-19(13)17)7-9-22(4)21(20)8-10-23(22,14(2)24)27-15(3)25/h11-12,17-18,20-21H,5-10H2,1-4H3/t17-,18+,20+,21-,22+,23+/m1/s1. The lowest BCUT2D eigenvalue weighted by molar-refractivity contribution is -0.184. The van der Waals surface area contributed by atoms with Gasteiger partial charge in [0.05, 0.1) is 0 Å². The van der Waals surface area contributed by atoms with Crippen LogP contribution in [0, 0.1) is 29.1 Å². The molecule has 2 fully saturated rings. The van der Waals surface area contributed by atoms with Crippen LogP contribution < -0.4 is 0 Å². The molecule has 0 spiro atoms. The van der Waals surface area contributed by atoms with E-state index in [9.17, 15) is 14.4 Å². The smallest absolute Gasteiger partial charge is 0.303 e. The molecule has 6 atom stereocenters. The van der Waals surface area contributed by atoms with Crippen LogP contribution in [0.3, 0.4) is 0 Å². The van der Waals surface area contributed by atoms with E-state index >= 15 is 0 Å². The van der Waals surface area contributed by atoms with Crippen molar-refractivity contribution in [2.75, 3.05) is 0 Å². The Labute approximate surface area is 161 Å². The van der Waals surface area contributed by atoms with Gasteiger partial charge in [0, 0.05) is 18.8 Å². The first-order valence-electron chi connectivity index (χ1n) is 10.3. The third-order valence-electron chi connectivity index (χ3n) is 8.22. The Bertz CT molecular complexity index is 775. The molecule has 0 heterocycles.